The van der Waals surface area contributed by atoms with E-state index in [-0.39, 0.29) is 0 Å². The van der Waals surface area contributed by atoms with Gasteiger partial charge in [-0.05, 0) is 0 Å². The molecule has 0 bridgehead atoms. The molecule has 0 amide bonds. The normalized spacial score (nSPS) is 13.3. The van der Waals surface area contributed by atoms with E-state index in [4.69, 9.17) is 8.15 Å². The van der Waals surface area contributed by atoms with Crippen LogP contribution >= 0.6 is 6.83 Å². The summed E-state index contributed by atoms with van der Waals surface area (Å²) in [5.41, 5.74) is 0. The van der Waals surface area contributed by atoms with Crippen LogP contribution in [-0.2, 0) is 18.6 Å². The van der Waals surface area contributed by atoms with Gasteiger partial charge in [0.1, 0.15) is 0 Å². The Hall–Kier alpha value is -2.82. The molecule has 0 aromatic heterocycles. The average molecular weight is 450 g/mol. The van der Waals surface area contributed by atoms with Gasteiger partial charge in [0.2, 0.25) is 0 Å². The Morgan fingerprint density at radius 1 is 0.516 bits per heavy atom. The Balaban J connectivity index is 2.33. The Bertz CT molecular complexity index is 1080. The van der Waals surface area contributed by atoms with E-state index in [1.54, 1.807) is 0 Å². The van der Waals surface area contributed by atoms with Gasteiger partial charge in [-0.25, -0.2) is 0 Å². The minimum absolute atomic E-state index is 0.762. The molecule has 0 spiro atoms. The van der Waals surface area contributed by atoms with E-state index < -0.39 is 17.2 Å². The molecule has 0 unspecified atom stereocenters. The van der Waals surface area contributed by atoms with E-state index >= 15 is 0 Å². The van der Waals surface area contributed by atoms with Gasteiger partial charge in [0.05, 0.1) is 0 Å². The van der Waals surface area contributed by atoms with Crippen molar-refractivity contribution in [3.05, 3.63) is 121 Å². The standard InChI is InChI=1S/C25H23O4PS/c1-28-31(26,27)29-30(22-14-6-2-7-15-22,23-16-8-3-9-17-23,24-18-10-4-11-19-24)25-20-12-5-13-21-25/h2-21H,1H3. The Kier molecular flexibility index (Phi) is 5.78. The van der Waals surface area contributed by atoms with E-state index in [2.05, 4.69) is 0 Å². The van der Waals surface area contributed by atoms with Crippen LogP contribution in [0.2, 0.25) is 0 Å². The summed E-state index contributed by atoms with van der Waals surface area (Å²) in [5.74, 6) is 0. The second kappa shape index (κ2) is 8.37. The minimum atomic E-state index is -4.37. The summed E-state index contributed by atoms with van der Waals surface area (Å²) in [5, 5.41) is 3.05. The first kappa shape index (κ1) is 21.4. The monoisotopic (exact) mass is 450 g/mol. The fourth-order valence-corrected chi connectivity index (χ4v) is 12.0. The Labute approximate surface area is 183 Å². The Morgan fingerprint density at radius 2 is 0.774 bits per heavy atom. The van der Waals surface area contributed by atoms with Crippen LogP contribution in [0.3, 0.4) is 0 Å². The molecule has 0 saturated heterocycles. The van der Waals surface area contributed by atoms with Crippen molar-refractivity contribution in [2.75, 3.05) is 7.11 Å². The van der Waals surface area contributed by atoms with E-state index in [0.717, 1.165) is 28.3 Å². The zero-order chi connectivity index (χ0) is 21.8. The zero-order valence-corrected chi connectivity index (χ0v) is 18.7. The van der Waals surface area contributed by atoms with E-state index in [1.807, 2.05) is 121 Å². The van der Waals surface area contributed by atoms with E-state index in [0.29, 0.717) is 0 Å². The second-order valence-corrected chi connectivity index (χ2v) is 12.9. The number of hydrogen-bond donors (Lipinski definition) is 0. The van der Waals surface area contributed by atoms with Gasteiger partial charge < -0.3 is 0 Å². The summed E-state index contributed by atoms with van der Waals surface area (Å²) >= 11 is 0. The molecule has 4 aromatic rings. The van der Waals surface area contributed by atoms with E-state index in [9.17, 15) is 8.42 Å². The molecule has 0 radical (unpaired) electrons. The summed E-state index contributed by atoms with van der Waals surface area (Å²) in [6.07, 6.45) is 0. The third kappa shape index (κ3) is 3.40. The van der Waals surface area contributed by atoms with Crippen LogP contribution in [0, 0.1) is 0 Å². The van der Waals surface area contributed by atoms with Crippen LogP contribution in [0.4, 0.5) is 0 Å². The predicted molar refractivity (Wildman–Crippen MR) is 128 cm³/mol. The van der Waals surface area contributed by atoms with Crippen molar-refractivity contribution in [2.45, 2.75) is 0 Å². The fraction of sp³-hybridized carbons (Fsp3) is 0.0400. The second-order valence-electron chi connectivity index (χ2n) is 7.03. The first-order chi connectivity index (χ1) is 15.0. The van der Waals surface area contributed by atoms with Crippen LogP contribution < -0.4 is 21.2 Å². The molecule has 31 heavy (non-hydrogen) atoms. The van der Waals surface area contributed by atoms with E-state index in [1.165, 1.54) is 0 Å². The maximum atomic E-state index is 13.1. The molecule has 6 heteroatoms. The first-order valence-corrected chi connectivity index (χ1v) is 13.3. The van der Waals surface area contributed by atoms with Crippen LogP contribution in [0.25, 0.3) is 0 Å². The van der Waals surface area contributed by atoms with Gasteiger partial charge >= 0.3 is 183 Å². The van der Waals surface area contributed by atoms with Gasteiger partial charge in [0.25, 0.3) is 0 Å². The van der Waals surface area contributed by atoms with Crippen molar-refractivity contribution in [2.24, 2.45) is 0 Å². The fourth-order valence-electron chi connectivity index (χ4n) is 4.13. The molecule has 158 valence electrons. The SMILES string of the molecule is COS(=O)(=O)OP(c1ccccc1)(c1ccccc1)(c1ccccc1)c1ccccc1. The van der Waals surface area contributed by atoms with Crippen LogP contribution in [0.15, 0.2) is 121 Å². The number of hydrogen-bond acceptors (Lipinski definition) is 4. The van der Waals surface area contributed by atoms with Gasteiger partial charge in [0.15, 0.2) is 0 Å². The summed E-state index contributed by atoms with van der Waals surface area (Å²) in [7, 11) is -3.25. The molecule has 0 aliphatic carbocycles. The molecule has 4 nitrogen and oxygen atoms in total. The van der Waals surface area contributed by atoms with Crippen LogP contribution in [0.1, 0.15) is 0 Å². The molecule has 4 aromatic carbocycles. The topological polar surface area (TPSA) is 52.6 Å². The van der Waals surface area contributed by atoms with Crippen molar-refractivity contribution in [3.63, 3.8) is 0 Å². The average Bonchev–Trinajstić information content (AvgIpc) is 2.85. The molecule has 0 N–H and O–H groups in total. The predicted octanol–water partition coefficient (Wildman–Crippen LogP) is 3.66. The number of benzene rings is 4. The summed E-state index contributed by atoms with van der Waals surface area (Å²) in [4.78, 5) is 0. The van der Waals surface area contributed by atoms with Crippen molar-refractivity contribution >= 4 is 38.4 Å². The van der Waals surface area contributed by atoms with Crippen molar-refractivity contribution in [3.8, 4) is 0 Å². The Morgan fingerprint density at radius 3 is 1.00 bits per heavy atom. The summed E-state index contributed by atoms with van der Waals surface area (Å²) < 4.78 is 37.5. The van der Waals surface area contributed by atoms with Gasteiger partial charge in [0, 0.05) is 0 Å². The van der Waals surface area contributed by atoms with Gasteiger partial charge in [-0.15, -0.1) is 0 Å². The summed E-state index contributed by atoms with van der Waals surface area (Å²) in [6, 6.07) is 38.2. The molecule has 0 fully saturated rings. The number of rotatable bonds is 7. The maximum absolute atomic E-state index is 13.1. The molecule has 4 rings (SSSR count). The molecular formula is C25H23O4PS. The molecule has 0 aliphatic heterocycles. The van der Waals surface area contributed by atoms with Crippen LogP contribution in [0.5, 0.6) is 0 Å². The molecule has 0 saturated carbocycles. The summed E-state index contributed by atoms with van der Waals surface area (Å²) in [6.45, 7) is -4.25. The van der Waals surface area contributed by atoms with Crippen molar-refractivity contribution < 1.29 is 16.6 Å². The third-order valence-electron chi connectivity index (χ3n) is 5.44. The molecule has 0 atom stereocenters. The first-order valence-electron chi connectivity index (χ1n) is 9.79. The van der Waals surface area contributed by atoms with Crippen molar-refractivity contribution in [1.29, 1.82) is 0 Å². The van der Waals surface area contributed by atoms with Crippen LogP contribution in [-0.4, -0.2) is 15.5 Å². The quantitative estimate of drug-likeness (QED) is 0.403. The zero-order valence-electron chi connectivity index (χ0n) is 17.0. The van der Waals surface area contributed by atoms with Gasteiger partial charge in [-0.3, -0.25) is 0 Å². The molecule has 0 heterocycles. The van der Waals surface area contributed by atoms with Gasteiger partial charge in [-0.1, -0.05) is 0 Å². The third-order valence-corrected chi connectivity index (χ3v) is 12.9. The van der Waals surface area contributed by atoms with Crippen molar-refractivity contribution in [1.82, 2.24) is 0 Å². The molecule has 0 aliphatic rings. The molecular weight excluding hydrogens is 427 g/mol. The van der Waals surface area contributed by atoms with Gasteiger partial charge in [-0.2, -0.15) is 0 Å².